The number of esters is 1. The Kier molecular flexibility index (Phi) is 8.24. The molecule has 0 amide bonds. The van der Waals surface area contributed by atoms with E-state index in [4.69, 9.17) is 4.74 Å². The van der Waals surface area contributed by atoms with Crippen LogP contribution in [0, 0.1) is 23.7 Å². The van der Waals surface area contributed by atoms with Gasteiger partial charge in [0.05, 0.1) is 12.6 Å². The van der Waals surface area contributed by atoms with Gasteiger partial charge >= 0.3 is 5.97 Å². The SMILES string of the molecule is CCC1CCC(C2=C(c3cc(-c4ccc(C#Cc5cscn5)cc4)sc3C(=O)OC)CCN(C)C2)CC1. The number of thiophene rings is 1. The maximum atomic E-state index is 12.9. The standard InChI is InChI=1S/C31H34N2O2S2/c1-4-21-5-10-23(11-6-21)28-18-33(2)16-15-26(28)27-17-29(37-30(27)31(34)35-3)24-12-7-22(8-13-24)9-14-25-19-36-20-32-25/h7-8,12-13,17,19-21,23H,4-6,10-11,15-16,18H2,1-3H3. The van der Waals surface area contributed by atoms with E-state index in [-0.39, 0.29) is 5.97 Å². The average Bonchev–Trinajstić information content (AvgIpc) is 3.62. The van der Waals surface area contributed by atoms with Crippen LogP contribution in [-0.2, 0) is 4.74 Å². The molecule has 37 heavy (non-hydrogen) atoms. The molecule has 0 spiro atoms. The fraction of sp³-hybridized carbons (Fsp3) is 0.419. The minimum absolute atomic E-state index is 0.238. The van der Waals surface area contributed by atoms with E-state index in [2.05, 4.69) is 53.9 Å². The van der Waals surface area contributed by atoms with Gasteiger partial charge in [0.25, 0.3) is 0 Å². The second kappa shape index (κ2) is 11.8. The molecule has 2 aromatic heterocycles. The Labute approximate surface area is 228 Å². The number of carbonyl (C=O) groups excluding carboxylic acids is 1. The summed E-state index contributed by atoms with van der Waals surface area (Å²) < 4.78 is 5.25. The summed E-state index contributed by atoms with van der Waals surface area (Å²) in [6, 6.07) is 10.5. The van der Waals surface area contributed by atoms with Crippen LogP contribution < -0.4 is 0 Å². The first-order valence-electron chi connectivity index (χ1n) is 13.2. The summed E-state index contributed by atoms with van der Waals surface area (Å²) in [5, 5.41) is 1.95. The molecule has 1 aliphatic heterocycles. The van der Waals surface area contributed by atoms with Gasteiger partial charge < -0.3 is 9.64 Å². The van der Waals surface area contributed by atoms with Gasteiger partial charge in [-0.3, -0.25) is 0 Å². The summed E-state index contributed by atoms with van der Waals surface area (Å²) in [4.78, 5) is 21.4. The highest BCUT2D eigenvalue weighted by molar-refractivity contribution is 7.17. The van der Waals surface area contributed by atoms with Crippen LogP contribution in [0.5, 0.6) is 0 Å². The molecule has 1 fully saturated rings. The molecule has 2 aliphatic rings. The number of ether oxygens (including phenoxy) is 1. The van der Waals surface area contributed by atoms with Gasteiger partial charge in [-0.15, -0.1) is 22.7 Å². The highest BCUT2D eigenvalue weighted by Crippen LogP contribution is 2.44. The van der Waals surface area contributed by atoms with E-state index < -0.39 is 0 Å². The Hall–Kier alpha value is -2.72. The topological polar surface area (TPSA) is 42.4 Å². The second-order valence-electron chi connectivity index (χ2n) is 10.2. The van der Waals surface area contributed by atoms with Crippen molar-refractivity contribution >= 4 is 34.2 Å². The maximum Gasteiger partial charge on any atom is 0.348 e. The maximum absolute atomic E-state index is 12.9. The molecule has 1 saturated carbocycles. The molecule has 5 rings (SSSR count). The number of carbonyl (C=O) groups is 1. The first-order chi connectivity index (χ1) is 18.1. The number of benzene rings is 1. The lowest BCUT2D eigenvalue weighted by Crippen LogP contribution is -2.32. The smallest absolute Gasteiger partial charge is 0.348 e. The normalized spacial score (nSPS) is 20.4. The van der Waals surface area contributed by atoms with E-state index in [1.165, 1.54) is 44.8 Å². The zero-order valence-electron chi connectivity index (χ0n) is 21.9. The molecule has 0 atom stereocenters. The van der Waals surface area contributed by atoms with Crippen molar-refractivity contribution in [2.24, 2.45) is 11.8 Å². The van der Waals surface area contributed by atoms with Gasteiger partial charge in [-0.25, -0.2) is 9.78 Å². The largest absolute Gasteiger partial charge is 0.465 e. The average molecular weight is 531 g/mol. The van der Waals surface area contributed by atoms with Crippen LogP contribution in [0.1, 0.15) is 71.9 Å². The number of thiazole rings is 1. The fourth-order valence-corrected chi connectivity index (χ4v) is 7.25. The number of aromatic nitrogens is 1. The number of rotatable bonds is 5. The predicted octanol–water partition coefficient (Wildman–Crippen LogP) is 7.36. The van der Waals surface area contributed by atoms with Gasteiger partial charge in [-0.05, 0) is 91.8 Å². The van der Waals surface area contributed by atoms with Crippen molar-refractivity contribution in [1.29, 1.82) is 0 Å². The highest BCUT2D eigenvalue weighted by atomic mass is 32.1. The first kappa shape index (κ1) is 25.9. The number of methoxy groups -OCH3 is 1. The van der Waals surface area contributed by atoms with Gasteiger partial charge in [-0.2, -0.15) is 0 Å². The summed E-state index contributed by atoms with van der Waals surface area (Å²) in [6.45, 7) is 4.33. The molecule has 0 bridgehead atoms. The lowest BCUT2D eigenvalue weighted by atomic mass is 9.74. The molecule has 0 unspecified atom stereocenters. The van der Waals surface area contributed by atoms with E-state index in [0.717, 1.165) is 57.6 Å². The van der Waals surface area contributed by atoms with Crippen molar-refractivity contribution in [3.63, 3.8) is 0 Å². The van der Waals surface area contributed by atoms with Crippen molar-refractivity contribution in [3.8, 4) is 22.3 Å². The van der Waals surface area contributed by atoms with E-state index >= 15 is 0 Å². The molecule has 3 aromatic rings. The molecule has 4 nitrogen and oxygen atoms in total. The zero-order valence-corrected chi connectivity index (χ0v) is 23.5. The predicted molar refractivity (Wildman–Crippen MR) is 154 cm³/mol. The van der Waals surface area contributed by atoms with Crippen LogP contribution in [0.15, 0.2) is 46.8 Å². The van der Waals surface area contributed by atoms with Crippen molar-refractivity contribution in [3.05, 3.63) is 68.5 Å². The van der Waals surface area contributed by atoms with Crippen molar-refractivity contribution < 1.29 is 9.53 Å². The Morgan fingerprint density at radius 2 is 1.95 bits per heavy atom. The van der Waals surface area contributed by atoms with Gasteiger partial charge in [-0.1, -0.05) is 31.4 Å². The van der Waals surface area contributed by atoms with Crippen molar-refractivity contribution in [1.82, 2.24) is 9.88 Å². The number of hydrogen-bond donors (Lipinski definition) is 0. The second-order valence-corrected chi connectivity index (χ2v) is 11.9. The summed E-state index contributed by atoms with van der Waals surface area (Å²) in [6.07, 6.45) is 7.42. The molecule has 6 heteroatoms. The Morgan fingerprint density at radius 1 is 1.16 bits per heavy atom. The van der Waals surface area contributed by atoms with Gasteiger partial charge in [0, 0.05) is 34.5 Å². The molecule has 0 N–H and O–H groups in total. The molecule has 0 saturated heterocycles. The Bertz CT molecular complexity index is 1320. The van der Waals surface area contributed by atoms with Crippen LogP contribution in [0.2, 0.25) is 0 Å². The van der Waals surface area contributed by atoms with Crippen LogP contribution in [0.25, 0.3) is 16.0 Å². The third-order valence-corrected chi connectivity index (χ3v) is 9.60. The van der Waals surface area contributed by atoms with Crippen LogP contribution in [0.3, 0.4) is 0 Å². The lowest BCUT2D eigenvalue weighted by molar-refractivity contribution is 0.0606. The lowest BCUT2D eigenvalue weighted by Gasteiger charge is -2.36. The van der Waals surface area contributed by atoms with Crippen LogP contribution in [0.4, 0.5) is 0 Å². The van der Waals surface area contributed by atoms with Gasteiger partial charge in [0.15, 0.2) is 0 Å². The van der Waals surface area contributed by atoms with Crippen molar-refractivity contribution in [2.75, 3.05) is 27.2 Å². The summed E-state index contributed by atoms with van der Waals surface area (Å²) >= 11 is 3.09. The van der Waals surface area contributed by atoms with E-state index in [9.17, 15) is 4.79 Å². The van der Waals surface area contributed by atoms with Crippen LogP contribution >= 0.6 is 22.7 Å². The number of hydrogen-bond acceptors (Lipinski definition) is 6. The van der Waals surface area contributed by atoms with E-state index in [1.54, 1.807) is 33.8 Å². The molecule has 1 aliphatic carbocycles. The molecule has 3 heterocycles. The van der Waals surface area contributed by atoms with E-state index in [0.29, 0.717) is 5.92 Å². The summed E-state index contributed by atoms with van der Waals surface area (Å²) in [5.74, 6) is 7.54. The molecular weight excluding hydrogens is 496 g/mol. The Morgan fingerprint density at radius 3 is 2.62 bits per heavy atom. The highest BCUT2D eigenvalue weighted by Gasteiger charge is 2.31. The summed E-state index contributed by atoms with van der Waals surface area (Å²) in [7, 11) is 3.70. The first-order valence-corrected chi connectivity index (χ1v) is 14.9. The molecule has 1 aromatic carbocycles. The number of likely N-dealkylation sites (N-methyl/N-ethyl adjacent to an activating group) is 1. The molecule has 0 radical (unpaired) electrons. The minimum Gasteiger partial charge on any atom is -0.465 e. The Balaban J connectivity index is 1.49. The summed E-state index contributed by atoms with van der Waals surface area (Å²) in [5.41, 5.74) is 8.65. The molecule has 192 valence electrons. The minimum atomic E-state index is -0.238. The molecular formula is C31H34N2O2S2. The monoisotopic (exact) mass is 530 g/mol. The van der Waals surface area contributed by atoms with Crippen LogP contribution in [-0.4, -0.2) is 43.1 Å². The van der Waals surface area contributed by atoms with E-state index in [1.807, 2.05) is 17.5 Å². The van der Waals surface area contributed by atoms with Gasteiger partial charge in [0.2, 0.25) is 0 Å². The van der Waals surface area contributed by atoms with Crippen molar-refractivity contribution in [2.45, 2.75) is 45.4 Å². The third-order valence-electron chi connectivity index (χ3n) is 7.85. The fourth-order valence-electron chi connectivity index (χ4n) is 5.66. The zero-order chi connectivity index (χ0) is 25.8. The quantitative estimate of drug-likeness (QED) is 0.255. The number of nitrogens with zero attached hydrogens (tertiary/aromatic N) is 2. The van der Waals surface area contributed by atoms with Gasteiger partial charge in [0.1, 0.15) is 10.6 Å². The third kappa shape index (κ3) is 5.90.